The van der Waals surface area contributed by atoms with Crippen LogP contribution in [0, 0.1) is 11.3 Å². The minimum absolute atomic E-state index is 0.300. The van der Waals surface area contributed by atoms with Gasteiger partial charge >= 0.3 is 0 Å². The first-order valence-corrected chi connectivity index (χ1v) is 5.46. The molecular weight excluding hydrogens is 228 g/mol. The highest BCUT2D eigenvalue weighted by Crippen LogP contribution is 2.11. The van der Waals surface area contributed by atoms with E-state index in [1.165, 1.54) is 0 Å². The van der Waals surface area contributed by atoms with E-state index in [0.29, 0.717) is 5.69 Å². The molecule has 2 rings (SSSR count). The zero-order valence-electron chi connectivity index (χ0n) is 9.87. The van der Waals surface area contributed by atoms with Gasteiger partial charge in [0.25, 0.3) is 5.91 Å². The van der Waals surface area contributed by atoms with Crippen LogP contribution in [0.2, 0.25) is 0 Å². The minimum atomic E-state index is -0.666. The summed E-state index contributed by atoms with van der Waals surface area (Å²) in [6.45, 7) is 0. The number of benzene rings is 1. The van der Waals surface area contributed by atoms with Crippen molar-refractivity contribution in [3.63, 3.8) is 0 Å². The van der Waals surface area contributed by atoms with Gasteiger partial charge < -0.3 is 5.32 Å². The van der Waals surface area contributed by atoms with E-state index in [9.17, 15) is 4.79 Å². The number of nitrogens with zero attached hydrogens (tertiary/aromatic N) is 3. The standard InChI is InChI=1S/C13H12N4O/c1-17-8-7-11(16-17)13(18)15-12(9-14)10-5-3-2-4-6-10/h2-8,12H,1H3,(H,15,18). The van der Waals surface area contributed by atoms with E-state index in [0.717, 1.165) is 5.56 Å². The molecule has 5 heteroatoms. The molecule has 0 saturated carbocycles. The van der Waals surface area contributed by atoms with Crippen molar-refractivity contribution >= 4 is 5.91 Å². The van der Waals surface area contributed by atoms with Crippen LogP contribution in [0.25, 0.3) is 0 Å². The maximum atomic E-state index is 11.9. The molecule has 5 nitrogen and oxygen atoms in total. The lowest BCUT2D eigenvalue weighted by Crippen LogP contribution is -2.28. The van der Waals surface area contributed by atoms with Crippen LogP contribution in [-0.2, 0) is 7.05 Å². The van der Waals surface area contributed by atoms with Gasteiger partial charge in [-0.25, -0.2) is 0 Å². The number of hydrogen-bond acceptors (Lipinski definition) is 3. The molecule has 0 radical (unpaired) electrons. The van der Waals surface area contributed by atoms with E-state index < -0.39 is 6.04 Å². The second-order valence-corrected chi connectivity index (χ2v) is 3.82. The first-order valence-electron chi connectivity index (χ1n) is 5.46. The summed E-state index contributed by atoms with van der Waals surface area (Å²) in [4.78, 5) is 11.9. The molecular formula is C13H12N4O. The van der Waals surface area contributed by atoms with Crippen LogP contribution in [0.1, 0.15) is 22.1 Å². The van der Waals surface area contributed by atoms with Crippen molar-refractivity contribution in [1.29, 1.82) is 5.26 Å². The van der Waals surface area contributed by atoms with Gasteiger partial charge in [0.1, 0.15) is 11.7 Å². The van der Waals surface area contributed by atoms with Crippen LogP contribution in [0.4, 0.5) is 0 Å². The Morgan fingerprint density at radius 3 is 2.67 bits per heavy atom. The quantitative estimate of drug-likeness (QED) is 0.881. The maximum Gasteiger partial charge on any atom is 0.273 e. The van der Waals surface area contributed by atoms with Gasteiger partial charge in [-0.05, 0) is 11.6 Å². The molecule has 0 aliphatic heterocycles. The number of carbonyl (C=O) groups is 1. The molecule has 2 aromatic rings. The van der Waals surface area contributed by atoms with Gasteiger partial charge in [0, 0.05) is 13.2 Å². The number of amides is 1. The molecule has 1 unspecified atom stereocenters. The Kier molecular flexibility index (Phi) is 3.39. The van der Waals surface area contributed by atoms with Crippen LogP contribution in [0.3, 0.4) is 0 Å². The molecule has 1 aromatic heterocycles. The molecule has 1 atom stereocenters. The van der Waals surface area contributed by atoms with Crippen LogP contribution in [0.15, 0.2) is 42.6 Å². The predicted molar refractivity (Wildman–Crippen MR) is 65.5 cm³/mol. The van der Waals surface area contributed by atoms with E-state index in [1.54, 1.807) is 36.1 Å². The van der Waals surface area contributed by atoms with Gasteiger partial charge in [0.15, 0.2) is 0 Å². The van der Waals surface area contributed by atoms with E-state index in [1.807, 2.05) is 18.2 Å². The third-order valence-corrected chi connectivity index (χ3v) is 2.48. The summed E-state index contributed by atoms with van der Waals surface area (Å²) < 4.78 is 1.54. The van der Waals surface area contributed by atoms with Crippen molar-refractivity contribution in [2.24, 2.45) is 7.05 Å². The largest absolute Gasteiger partial charge is 0.331 e. The molecule has 90 valence electrons. The molecule has 1 N–H and O–H groups in total. The molecule has 0 aliphatic rings. The summed E-state index contributed by atoms with van der Waals surface area (Å²) >= 11 is 0. The third kappa shape index (κ3) is 2.55. The lowest BCUT2D eigenvalue weighted by molar-refractivity contribution is 0.0939. The molecule has 18 heavy (non-hydrogen) atoms. The average Bonchev–Trinajstić information content (AvgIpc) is 2.83. The minimum Gasteiger partial charge on any atom is -0.331 e. The zero-order valence-corrected chi connectivity index (χ0v) is 9.87. The lowest BCUT2D eigenvalue weighted by Gasteiger charge is -2.10. The Labute approximate surface area is 105 Å². The van der Waals surface area contributed by atoms with Crippen molar-refractivity contribution < 1.29 is 4.79 Å². The smallest absolute Gasteiger partial charge is 0.273 e. The Bertz CT molecular complexity index is 583. The second kappa shape index (κ2) is 5.15. The van der Waals surface area contributed by atoms with Crippen LogP contribution >= 0.6 is 0 Å². The molecule has 0 aliphatic carbocycles. The first-order chi connectivity index (χ1) is 8.70. The number of rotatable bonds is 3. The third-order valence-electron chi connectivity index (χ3n) is 2.48. The Morgan fingerprint density at radius 1 is 1.39 bits per heavy atom. The molecule has 0 bridgehead atoms. The second-order valence-electron chi connectivity index (χ2n) is 3.82. The maximum absolute atomic E-state index is 11.9. The van der Waals surface area contributed by atoms with Crippen molar-refractivity contribution in [3.05, 3.63) is 53.9 Å². The fourth-order valence-corrected chi connectivity index (χ4v) is 1.58. The molecule has 1 amide bonds. The summed E-state index contributed by atoms with van der Waals surface area (Å²) in [5.41, 5.74) is 1.05. The van der Waals surface area contributed by atoms with Crippen LogP contribution < -0.4 is 5.32 Å². The van der Waals surface area contributed by atoms with Crippen LogP contribution in [-0.4, -0.2) is 15.7 Å². The van der Waals surface area contributed by atoms with Gasteiger partial charge in [0.05, 0.1) is 6.07 Å². The molecule has 0 fully saturated rings. The van der Waals surface area contributed by atoms with Gasteiger partial charge in [0.2, 0.25) is 0 Å². The van der Waals surface area contributed by atoms with Gasteiger partial charge in [-0.2, -0.15) is 10.4 Å². The fourth-order valence-electron chi connectivity index (χ4n) is 1.58. The summed E-state index contributed by atoms with van der Waals surface area (Å²) in [6, 6.07) is 12.1. The average molecular weight is 240 g/mol. The van der Waals surface area contributed by atoms with Gasteiger partial charge in [-0.3, -0.25) is 9.48 Å². The number of nitrogens with one attached hydrogen (secondary N) is 1. The van der Waals surface area contributed by atoms with E-state index in [4.69, 9.17) is 5.26 Å². The van der Waals surface area contributed by atoms with E-state index >= 15 is 0 Å². The highest BCUT2D eigenvalue weighted by atomic mass is 16.2. The van der Waals surface area contributed by atoms with E-state index in [2.05, 4.69) is 16.5 Å². The first kappa shape index (κ1) is 11.9. The van der Waals surface area contributed by atoms with Crippen LogP contribution in [0.5, 0.6) is 0 Å². The lowest BCUT2D eigenvalue weighted by atomic mass is 10.1. The highest BCUT2D eigenvalue weighted by molar-refractivity contribution is 5.92. The van der Waals surface area contributed by atoms with Crippen molar-refractivity contribution in [3.8, 4) is 6.07 Å². The normalized spacial score (nSPS) is 11.6. The van der Waals surface area contributed by atoms with Crippen molar-refractivity contribution in [1.82, 2.24) is 15.1 Å². The predicted octanol–water partition coefficient (Wildman–Crippen LogP) is 1.41. The summed E-state index contributed by atoms with van der Waals surface area (Å²) in [5.74, 6) is -0.356. The molecule has 1 aromatic carbocycles. The summed E-state index contributed by atoms with van der Waals surface area (Å²) in [7, 11) is 1.73. The Balaban J connectivity index is 2.13. The fraction of sp³-hybridized carbons (Fsp3) is 0.154. The molecule has 0 spiro atoms. The number of carbonyl (C=O) groups excluding carboxylic acids is 1. The van der Waals surface area contributed by atoms with Gasteiger partial charge in [-0.15, -0.1) is 0 Å². The number of aromatic nitrogens is 2. The molecule has 0 saturated heterocycles. The van der Waals surface area contributed by atoms with Gasteiger partial charge in [-0.1, -0.05) is 30.3 Å². The Hall–Kier alpha value is -2.61. The number of hydrogen-bond donors (Lipinski definition) is 1. The SMILES string of the molecule is Cn1ccc(C(=O)NC(C#N)c2ccccc2)n1. The summed E-state index contributed by atoms with van der Waals surface area (Å²) in [6.07, 6.45) is 1.68. The van der Waals surface area contributed by atoms with E-state index in [-0.39, 0.29) is 5.91 Å². The monoisotopic (exact) mass is 240 g/mol. The zero-order chi connectivity index (χ0) is 13.0. The summed E-state index contributed by atoms with van der Waals surface area (Å²) in [5, 5.41) is 15.7. The van der Waals surface area contributed by atoms with Crippen molar-refractivity contribution in [2.75, 3.05) is 0 Å². The highest BCUT2D eigenvalue weighted by Gasteiger charge is 2.16. The number of nitriles is 1. The topological polar surface area (TPSA) is 70.7 Å². The molecule has 1 heterocycles. The number of aryl methyl sites for hydroxylation is 1. The Morgan fingerprint density at radius 2 is 2.11 bits per heavy atom. The van der Waals surface area contributed by atoms with Crippen molar-refractivity contribution in [2.45, 2.75) is 6.04 Å².